The van der Waals surface area contributed by atoms with Gasteiger partial charge in [-0.2, -0.15) is 9.61 Å². The fraction of sp³-hybridized carbons (Fsp3) is 0.500. The number of anilines is 2. The van der Waals surface area contributed by atoms with Gasteiger partial charge in [-0.05, 0) is 37.8 Å². The zero-order chi connectivity index (χ0) is 18.1. The summed E-state index contributed by atoms with van der Waals surface area (Å²) in [7, 11) is 0. The van der Waals surface area contributed by atoms with E-state index in [9.17, 15) is 0 Å². The van der Waals surface area contributed by atoms with Crippen LogP contribution in [0.15, 0.2) is 30.7 Å². The molecule has 0 unspecified atom stereocenters. The molecule has 0 saturated heterocycles. The molecule has 0 radical (unpaired) electrons. The number of aromatic nitrogens is 5. The molecule has 0 aromatic carbocycles. The maximum Gasteiger partial charge on any atom is 0.224 e. The molecule has 3 aromatic rings. The molecule has 0 spiro atoms. The summed E-state index contributed by atoms with van der Waals surface area (Å²) in [5, 5.41) is 11.6. The molecule has 2 aliphatic rings. The van der Waals surface area contributed by atoms with E-state index in [1.54, 1.807) is 0 Å². The van der Waals surface area contributed by atoms with Gasteiger partial charge >= 0.3 is 0 Å². The van der Waals surface area contributed by atoms with E-state index in [0.29, 0.717) is 18.0 Å². The number of fused-ring (bicyclic) bond motifs is 1. The van der Waals surface area contributed by atoms with E-state index in [4.69, 9.17) is 4.98 Å². The number of hydrogen-bond acceptors (Lipinski definition) is 6. The quantitative estimate of drug-likeness (QED) is 0.716. The van der Waals surface area contributed by atoms with Crippen molar-refractivity contribution in [2.24, 2.45) is 0 Å². The molecular weight excluding hydrogens is 338 g/mol. The van der Waals surface area contributed by atoms with Gasteiger partial charge in [0.25, 0.3) is 0 Å². The predicted octanol–water partition coefficient (Wildman–Crippen LogP) is 3.90. The molecule has 2 saturated carbocycles. The lowest BCUT2D eigenvalue weighted by Crippen LogP contribution is -2.18. The van der Waals surface area contributed by atoms with Gasteiger partial charge in [0.15, 0.2) is 0 Å². The van der Waals surface area contributed by atoms with Crippen LogP contribution in [0.4, 0.5) is 11.9 Å². The molecule has 0 amide bonds. The fourth-order valence-electron chi connectivity index (χ4n) is 4.30. The Balaban J connectivity index is 1.44. The minimum atomic E-state index is 0.496. The molecule has 27 heavy (non-hydrogen) atoms. The zero-order valence-electron chi connectivity index (χ0n) is 15.4. The second kappa shape index (κ2) is 7.13. The average molecular weight is 363 g/mol. The molecule has 0 aliphatic heterocycles. The fourth-order valence-corrected chi connectivity index (χ4v) is 4.30. The van der Waals surface area contributed by atoms with Crippen molar-refractivity contribution >= 4 is 17.4 Å². The van der Waals surface area contributed by atoms with Crippen LogP contribution in [0.2, 0.25) is 0 Å². The highest BCUT2D eigenvalue weighted by molar-refractivity contribution is 5.78. The topological polar surface area (TPSA) is 80.0 Å². The van der Waals surface area contributed by atoms with E-state index in [1.807, 2.05) is 35.2 Å². The highest BCUT2D eigenvalue weighted by Crippen LogP contribution is 2.27. The van der Waals surface area contributed by atoms with Gasteiger partial charge in [0.1, 0.15) is 0 Å². The van der Waals surface area contributed by atoms with Crippen LogP contribution in [-0.2, 0) is 0 Å². The lowest BCUT2D eigenvalue weighted by atomic mass is 10.2. The Labute approximate surface area is 158 Å². The Hall–Kier alpha value is -2.70. The summed E-state index contributed by atoms with van der Waals surface area (Å²) in [6, 6.07) is 4.93. The third-order valence-electron chi connectivity index (χ3n) is 5.74. The van der Waals surface area contributed by atoms with Gasteiger partial charge in [-0.3, -0.25) is 0 Å². The molecule has 7 heteroatoms. The Morgan fingerprint density at radius 2 is 1.56 bits per heavy atom. The summed E-state index contributed by atoms with van der Waals surface area (Å²) in [6.07, 6.45) is 15.5. The van der Waals surface area contributed by atoms with Crippen molar-refractivity contribution in [1.29, 1.82) is 0 Å². The van der Waals surface area contributed by atoms with Crippen LogP contribution in [0.5, 0.6) is 0 Å². The van der Waals surface area contributed by atoms with Crippen molar-refractivity contribution in [3.05, 3.63) is 30.7 Å². The van der Waals surface area contributed by atoms with Crippen LogP contribution in [-0.4, -0.2) is 36.6 Å². The first-order chi connectivity index (χ1) is 13.4. The molecule has 0 atom stereocenters. The second-order valence-corrected chi connectivity index (χ2v) is 7.64. The molecule has 2 fully saturated rings. The summed E-state index contributed by atoms with van der Waals surface area (Å²) in [5.74, 6) is 1.51. The van der Waals surface area contributed by atoms with Gasteiger partial charge in [0.2, 0.25) is 11.9 Å². The molecule has 140 valence electrons. The Morgan fingerprint density at radius 3 is 2.33 bits per heavy atom. The van der Waals surface area contributed by atoms with Crippen LogP contribution in [0.25, 0.3) is 16.8 Å². The zero-order valence-corrected chi connectivity index (χ0v) is 15.4. The largest absolute Gasteiger partial charge is 0.351 e. The Kier molecular flexibility index (Phi) is 4.35. The summed E-state index contributed by atoms with van der Waals surface area (Å²) in [4.78, 5) is 13.7. The summed E-state index contributed by atoms with van der Waals surface area (Å²) in [6.45, 7) is 0. The van der Waals surface area contributed by atoms with Crippen molar-refractivity contribution < 1.29 is 0 Å². The van der Waals surface area contributed by atoms with Crippen LogP contribution in [0, 0.1) is 0 Å². The number of nitrogens with zero attached hydrogens (tertiary/aromatic N) is 5. The monoisotopic (exact) mass is 363 g/mol. The van der Waals surface area contributed by atoms with Gasteiger partial charge in [0, 0.05) is 30.0 Å². The Bertz CT molecular complexity index is 923. The molecule has 0 bridgehead atoms. The minimum absolute atomic E-state index is 0.496. The first-order valence-electron chi connectivity index (χ1n) is 10.1. The van der Waals surface area contributed by atoms with Crippen molar-refractivity contribution in [3.8, 4) is 11.3 Å². The average Bonchev–Trinajstić information content (AvgIpc) is 3.44. The van der Waals surface area contributed by atoms with E-state index in [0.717, 1.165) is 22.7 Å². The van der Waals surface area contributed by atoms with Crippen molar-refractivity contribution in [2.45, 2.75) is 63.5 Å². The van der Waals surface area contributed by atoms with E-state index in [2.05, 4.69) is 25.7 Å². The minimum Gasteiger partial charge on any atom is -0.351 e. The highest BCUT2D eigenvalue weighted by Gasteiger charge is 2.19. The van der Waals surface area contributed by atoms with E-state index >= 15 is 0 Å². The summed E-state index contributed by atoms with van der Waals surface area (Å²) >= 11 is 0. The van der Waals surface area contributed by atoms with Gasteiger partial charge in [-0.15, -0.1) is 0 Å². The smallest absolute Gasteiger partial charge is 0.224 e. The second-order valence-electron chi connectivity index (χ2n) is 7.64. The molecule has 2 aliphatic carbocycles. The maximum atomic E-state index is 4.75. The SMILES string of the molecule is c1cc(-c2cnn3c(NC4CCCC4)nccc23)nc(NC2CCCC2)n1. The molecule has 5 rings (SSSR count). The first-order valence-corrected chi connectivity index (χ1v) is 10.1. The predicted molar refractivity (Wildman–Crippen MR) is 106 cm³/mol. The molecule has 7 nitrogen and oxygen atoms in total. The molecule has 3 aromatic heterocycles. The molecule has 3 heterocycles. The van der Waals surface area contributed by atoms with Crippen LogP contribution >= 0.6 is 0 Å². The lowest BCUT2D eigenvalue weighted by Gasteiger charge is -2.13. The maximum absolute atomic E-state index is 4.75. The first kappa shape index (κ1) is 16.5. The van der Waals surface area contributed by atoms with E-state index < -0.39 is 0 Å². The lowest BCUT2D eigenvalue weighted by molar-refractivity contribution is 0.732. The summed E-state index contributed by atoms with van der Waals surface area (Å²) in [5.41, 5.74) is 2.90. The van der Waals surface area contributed by atoms with E-state index in [-0.39, 0.29) is 0 Å². The van der Waals surface area contributed by atoms with Crippen LogP contribution in [0.3, 0.4) is 0 Å². The van der Waals surface area contributed by atoms with Gasteiger partial charge < -0.3 is 10.6 Å². The number of hydrogen-bond donors (Lipinski definition) is 2. The van der Waals surface area contributed by atoms with Crippen molar-refractivity contribution in [2.75, 3.05) is 10.6 Å². The van der Waals surface area contributed by atoms with Crippen molar-refractivity contribution in [3.63, 3.8) is 0 Å². The summed E-state index contributed by atoms with van der Waals surface area (Å²) < 4.78 is 1.89. The molecular formula is C20H25N7. The number of rotatable bonds is 5. The number of nitrogens with one attached hydrogen (secondary N) is 2. The van der Waals surface area contributed by atoms with Crippen molar-refractivity contribution in [1.82, 2.24) is 24.6 Å². The third-order valence-corrected chi connectivity index (χ3v) is 5.74. The Morgan fingerprint density at radius 1 is 0.852 bits per heavy atom. The van der Waals surface area contributed by atoms with Gasteiger partial charge in [-0.25, -0.2) is 15.0 Å². The van der Waals surface area contributed by atoms with Gasteiger partial charge in [-0.1, -0.05) is 25.7 Å². The normalized spacial score (nSPS) is 18.4. The van der Waals surface area contributed by atoms with Crippen LogP contribution in [0.1, 0.15) is 51.4 Å². The highest BCUT2D eigenvalue weighted by atomic mass is 15.3. The van der Waals surface area contributed by atoms with Crippen LogP contribution < -0.4 is 10.6 Å². The third kappa shape index (κ3) is 3.34. The standard InChI is InChI=1S/C20H25N7/c1-2-6-14(5-1)24-19-21-11-9-17(26-19)16-13-23-27-18(16)10-12-22-20(27)25-15-7-3-4-8-15/h9-15H,1-8H2,(H,22,25)(H,21,24,26). The van der Waals surface area contributed by atoms with Gasteiger partial charge in [0.05, 0.1) is 17.4 Å². The van der Waals surface area contributed by atoms with E-state index in [1.165, 1.54) is 51.4 Å². The molecule has 2 N–H and O–H groups in total.